The molecule has 0 aliphatic rings. The number of carbonyl (C=O) groups excluding carboxylic acids is 1. The number of aldehydes is 1. The van der Waals surface area contributed by atoms with Gasteiger partial charge in [-0.1, -0.05) is 55.8 Å². The van der Waals surface area contributed by atoms with E-state index in [1.165, 1.54) is 5.56 Å². The molecule has 0 saturated carbocycles. The summed E-state index contributed by atoms with van der Waals surface area (Å²) in [6.07, 6.45) is 1.86. The second-order valence-corrected chi connectivity index (χ2v) is 5.56. The molecule has 19 heavy (non-hydrogen) atoms. The largest absolute Gasteiger partial charge is 0.298 e. The lowest BCUT2D eigenvalue weighted by molar-refractivity contribution is 0.112. The minimum Gasteiger partial charge on any atom is -0.298 e. The summed E-state index contributed by atoms with van der Waals surface area (Å²) in [5, 5.41) is 0.499. The molecule has 0 heterocycles. The van der Waals surface area contributed by atoms with Gasteiger partial charge in [0, 0.05) is 5.56 Å². The number of rotatable bonds is 4. The third-order valence-corrected chi connectivity index (χ3v) is 3.39. The third-order valence-electron chi connectivity index (χ3n) is 3.06. The Bertz CT molecular complexity index is 570. The summed E-state index contributed by atoms with van der Waals surface area (Å²) < 4.78 is 0. The lowest BCUT2D eigenvalue weighted by Crippen LogP contribution is -1.93. The molecule has 0 radical (unpaired) electrons. The Morgan fingerprint density at radius 3 is 2.21 bits per heavy atom. The van der Waals surface area contributed by atoms with Crippen LogP contribution in [-0.2, 0) is 6.42 Å². The Labute approximate surface area is 119 Å². The topological polar surface area (TPSA) is 17.1 Å². The predicted molar refractivity (Wildman–Crippen MR) is 80.8 cm³/mol. The van der Waals surface area contributed by atoms with Gasteiger partial charge >= 0.3 is 0 Å². The van der Waals surface area contributed by atoms with Crippen molar-refractivity contribution in [2.24, 2.45) is 5.92 Å². The minimum absolute atomic E-state index is 0.499. The zero-order chi connectivity index (χ0) is 13.8. The second kappa shape index (κ2) is 6.03. The van der Waals surface area contributed by atoms with Crippen molar-refractivity contribution in [2.75, 3.05) is 0 Å². The van der Waals surface area contributed by atoms with Gasteiger partial charge in [0.2, 0.25) is 0 Å². The zero-order valence-corrected chi connectivity index (χ0v) is 11.9. The first-order valence-electron chi connectivity index (χ1n) is 6.44. The van der Waals surface area contributed by atoms with E-state index in [2.05, 4.69) is 38.1 Å². The molecular formula is C17H17ClO. The first-order valence-corrected chi connectivity index (χ1v) is 6.82. The van der Waals surface area contributed by atoms with Gasteiger partial charge in [-0.05, 0) is 41.2 Å². The van der Waals surface area contributed by atoms with Crippen molar-refractivity contribution in [2.45, 2.75) is 20.3 Å². The van der Waals surface area contributed by atoms with Gasteiger partial charge in [-0.15, -0.1) is 0 Å². The molecule has 2 heteroatoms. The fourth-order valence-electron chi connectivity index (χ4n) is 2.11. The van der Waals surface area contributed by atoms with Crippen molar-refractivity contribution in [1.82, 2.24) is 0 Å². The third kappa shape index (κ3) is 3.45. The SMILES string of the molecule is CC(C)Cc1ccc(-c2ccc(C=O)c(Cl)c2)cc1. The standard InChI is InChI=1S/C17H17ClO/c1-12(2)9-13-3-5-14(6-4-13)15-7-8-16(11-19)17(18)10-15/h3-8,10-12H,9H2,1-2H3. The van der Waals surface area contributed by atoms with Crippen molar-refractivity contribution in [1.29, 1.82) is 0 Å². The van der Waals surface area contributed by atoms with E-state index in [1.807, 2.05) is 12.1 Å². The number of halogens is 1. The van der Waals surface area contributed by atoms with E-state index < -0.39 is 0 Å². The Balaban J connectivity index is 2.27. The highest BCUT2D eigenvalue weighted by Gasteiger charge is 2.04. The molecule has 98 valence electrons. The molecule has 0 N–H and O–H groups in total. The first-order chi connectivity index (χ1) is 9.10. The van der Waals surface area contributed by atoms with E-state index in [9.17, 15) is 4.79 Å². The fraction of sp³-hybridized carbons (Fsp3) is 0.235. The maximum atomic E-state index is 10.7. The van der Waals surface area contributed by atoms with Gasteiger partial charge in [-0.2, -0.15) is 0 Å². The number of benzene rings is 2. The van der Waals surface area contributed by atoms with E-state index in [-0.39, 0.29) is 0 Å². The maximum absolute atomic E-state index is 10.7. The fourth-order valence-corrected chi connectivity index (χ4v) is 2.33. The highest BCUT2D eigenvalue weighted by atomic mass is 35.5. The summed E-state index contributed by atoms with van der Waals surface area (Å²) in [5.74, 6) is 0.659. The highest BCUT2D eigenvalue weighted by molar-refractivity contribution is 6.33. The van der Waals surface area contributed by atoms with Crippen LogP contribution in [0, 0.1) is 5.92 Å². The predicted octanol–water partition coefficient (Wildman–Crippen LogP) is 5.02. The van der Waals surface area contributed by atoms with Gasteiger partial charge in [-0.25, -0.2) is 0 Å². The van der Waals surface area contributed by atoms with Gasteiger partial charge in [0.1, 0.15) is 0 Å². The molecule has 2 aromatic rings. The second-order valence-electron chi connectivity index (χ2n) is 5.15. The summed E-state index contributed by atoms with van der Waals surface area (Å²) in [4.78, 5) is 10.7. The lowest BCUT2D eigenvalue weighted by Gasteiger charge is -2.07. The molecule has 2 rings (SSSR count). The van der Waals surface area contributed by atoms with Crippen LogP contribution in [0.4, 0.5) is 0 Å². The maximum Gasteiger partial charge on any atom is 0.151 e. The number of hydrogen-bond acceptors (Lipinski definition) is 1. The molecule has 0 aliphatic carbocycles. The van der Waals surface area contributed by atoms with Crippen molar-refractivity contribution >= 4 is 17.9 Å². The molecule has 0 aromatic heterocycles. The van der Waals surface area contributed by atoms with Crippen LogP contribution in [0.3, 0.4) is 0 Å². The monoisotopic (exact) mass is 272 g/mol. The summed E-state index contributed by atoms with van der Waals surface area (Å²) in [7, 11) is 0. The van der Waals surface area contributed by atoms with Crippen molar-refractivity contribution in [3.8, 4) is 11.1 Å². The molecule has 0 unspecified atom stereocenters. The Morgan fingerprint density at radius 2 is 1.68 bits per heavy atom. The van der Waals surface area contributed by atoms with Gasteiger partial charge < -0.3 is 0 Å². The Morgan fingerprint density at radius 1 is 1.05 bits per heavy atom. The Kier molecular flexibility index (Phi) is 4.39. The van der Waals surface area contributed by atoms with Crippen molar-refractivity contribution < 1.29 is 4.79 Å². The smallest absolute Gasteiger partial charge is 0.151 e. The van der Waals surface area contributed by atoms with Crippen molar-refractivity contribution in [3.63, 3.8) is 0 Å². The van der Waals surface area contributed by atoms with Gasteiger partial charge in [0.15, 0.2) is 6.29 Å². The average molecular weight is 273 g/mol. The van der Waals surface area contributed by atoms with Gasteiger partial charge in [0.25, 0.3) is 0 Å². The Hall–Kier alpha value is -1.60. The van der Waals surface area contributed by atoms with Gasteiger partial charge in [0.05, 0.1) is 5.02 Å². The molecule has 0 atom stereocenters. The summed E-state index contributed by atoms with van der Waals surface area (Å²) in [5.41, 5.74) is 4.02. The molecule has 0 aliphatic heterocycles. The summed E-state index contributed by atoms with van der Waals surface area (Å²) in [6, 6.07) is 14.0. The van der Waals surface area contributed by atoms with Crippen molar-refractivity contribution in [3.05, 3.63) is 58.6 Å². The molecule has 2 aromatic carbocycles. The molecule has 1 nitrogen and oxygen atoms in total. The van der Waals surface area contributed by atoms with Crippen LogP contribution in [0.25, 0.3) is 11.1 Å². The van der Waals surface area contributed by atoms with Crippen LogP contribution < -0.4 is 0 Å². The summed E-state index contributed by atoms with van der Waals surface area (Å²) in [6.45, 7) is 4.43. The minimum atomic E-state index is 0.499. The van der Waals surface area contributed by atoms with E-state index in [0.29, 0.717) is 16.5 Å². The van der Waals surface area contributed by atoms with Crippen LogP contribution in [-0.4, -0.2) is 6.29 Å². The van der Waals surface area contributed by atoms with Crippen LogP contribution in [0.5, 0.6) is 0 Å². The number of carbonyl (C=O) groups is 1. The quantitative estimate of drug-likeness (QED) is 0.715. The van der Waals surface area contributed by atoms with Crippen LogP contribution in [0.1, 0.15) is 29.8 Å². The van der Waals surface area contributed by atoms with Crippen LogP contribution in [0.2, 0.25) is 5.02 Å². The molecular weight excluding hydrogens is 256 g/mol. The molecule has 0 bridgehead atoms. The molecule has 0 fully saturated rings. The van der Waals surface area contributed by atoms with Crippen LogP contribution >= 0.6 is 11.6 Å². The normalized spacial score (nSPS) is 10.7. The lowest BCUT2D eigenvalue weighted by atomic mass is 9.99. The first kappa shape index (κ1) is 13.8. The van der Waals surface area contributed by atoms with E-state index in [0.717, 1.165) is 23.8 Å². The van der Waals surface area contributed by atoms with E-state index in [4.69, 9.17) is 11.6 Å². The van der Waals surface area contributed by atoms with E-state index >= 15 is 0 Å². The van der Waals surface area contributed by atoms with E-state index in [1.54, 1.807) is 6.07 Å². The molecule has 0 saturated heterocycles. The van der Waals surface area contributed by atoms with Crippen LogP contribution in [0.15, 0.2) is 42.5 Å². The van der Waals surface area contributed by atoms with Gasteiger partial charge in [-0.3, -0.25) is 4.79 Å². The molecule has 0 spiro atoms. The zero-order valence-electron chi connectivity index (χ0n) is 11.2. The number of hydrogen-bond donors (Lipinski definition) is 0. The highest BCUT2D eigenvalue weighted by Crippen LogP contribution is 2.25. The average Bonchev–Trinajstić information content (AvgIpc) is 2.39. The molecule has 0 amide bonds. The summed E-state index contributed by atoms with van der Waals surface area (Å²) >= 11 is 6.05.